The lowest BCUT2D eigenvalue weighted by Gasteiger charge is -2.36. The Morgan fingerprint density at radius 2 is 1.38 bits per heavy atom. The molecule has 0 N–H and O–H groups in total. The summed E-state index contributed by atoms with van der Waals surface area (Å²) in [6.45, 7) is 1.62. The molecule has 0 amide bonds. The number of fused-ring (bicyclic) bond motifs is 1. The number of nitrogens with zero attached hydrogens (tertiary/aromatic N) is 4. The first kappa shape index (κ1) is 31.8. The highest BCUT2D eigenvalue weighted by Crippen LogP contribution is 2.41. The van der Waals surface area contributed by atoms with Crippen LogP contribution in [0.3, 0.4) is 0 Å². The third kappa shape index (κ3) is 5.92. The van der Waals surface area contributed by atoms with Gasteiger partial charge >= 0.3 is 0 Å². The number of thioether (sulfide) groups is 1. The van der Waals surface area contributed by atoms with Gasteiger partial charge in [-0.15, -0.1) is 11.8 Å². The molecular weight excluding hydrogens is 640 g/mol. The topological polar surface area (TPSA) is 43.2 Å². The fraction of sp³-hybridized carbons (Fsp3) is 0.163. The minimum absolute atomic E-state index is 0.0329. The predicted octanol–water partition coefficient (Wildman–Crippen LogP) is 9.85. The lowest BCUT2D eigenvalue weighted by Crippen LogP contribution is -2.38. The van der Waals surface area contributed by atoms with Crippen LogP contribution in [0.25, 0.3) is 22.0 Å². The Bertz CT molecular complexity index is 2120. The molecule has 7 aromatic rings. The molecule has 3 heterocycles. The Kier molecular flexibility index (Phi) is 8.82. The molecule has 0 saturated carbocycles. The molecule has 1 aliphatic rings. The molecule has 0 bridgehead atoms. The second-order valence-electron chi connectivity index (χ2n) is 12.6. The Morgan fingerprint density at radius 3 is 1.98 bits per heavy atom. The van der Waals surface area contributed by atoms with Crippen LogP contribution < -0.4 is 9.64 Å². The maximum absolute atomic E-state index is 14.7. The maximum Gasteiger partial charge on any atom is 0.166 e. The van der Waals surface area contributed by atoms with Gasteiger partial charge in [-0.2, -0.15) is 5.10 Å². The van der Waals surface area contributed by atoms with E-state index in [-0.39, 0.29) is 11.9 Å². The number of ether oxygens (including phenoxy) is 1. The molecule has 1 fully saturated rings. The van der Waals surface area contributed by atoms with Crippen LogP contribution in [-0.4, -0.2) is 40.2 Å². The first-order chi connectivity index (χ1) is 24.6. The number of piperidine rings is 1. The molecule has 1 aliphatic heterocycles. The second kappa shape index (κ2) is 13.8. The monoisotopic (exact) mass is 676 g/mol. The van der Waals surface area contributed by atoms with Gasteiger partial charge in [0.1, 0.15) is 11.6 Å². The molecule has 7 heteroatoms. The smallest absolute Gasteiger partial charge is 0.166 e. The molecular formula is C43H37FN4OS. The number of anilines is 1. The van der Waals surface area contributed by atoms with E-state index in [9.17, 15) is 4.39 Å². The summed E-state index contributed by atoms with van der Waals surface area (Å²) in [6.07, 6.45) is 9.54. The summed E-state index contributed by atoms with van der Waals surface area (Å²) in [5, 5.41) is 6.19. The van der Waals surface area contributed by atoms with E-state index in [1.165, 1.54) is 11.8 Å². The van der Waals surface area contributed by atoms with Crippen molar-refractivity contribution < 1.29 is 9.13 Å². The van der Waals surface area contributed by atoms with Gasteiger partial charge in [0, 0.05) is 59.9 Å². The quantitative estimate of drug-likeness (QED) is 0.113. The van der Waals surface area contributed by atoms with Crippen molar-refractivity contribution in [1.82, 2.24) is 14.8 Å². The van der Waals surface area contributed by atoms with Crippen molar-refractivity contribution in [3.63, 3.8) is 0 Å². The van der Waals surface area contributed by atoms with Crippen LogP contribution in [0.5, 0.6) is 5.75 Å². The summed E-state index contributed by atoms with van der Waals surface area (Å²) >= 11 is 1.52. The van der Waals surface area contributed by atoms with Gasteiger partial charge in [-0.3, -0.25) is 9.67 Å². The molecule has 0 aliphatic carbocycles. The average molecular weight is 677 g/mol. The number of hydrogen-bond acceptors (Lipinski definition) is 5. The Morgan fingerprint density at radius 1 is 0.740 bits per heavy atom. The average Bonchev–Trinajstić information content (AvgIpc) is 3.68. The largest absolute Gasteiger partial charge is 0.487 e. The van der Waals surface area contributed by atoms with Crippen LogP contribution in [0.1, 0.15) is 29.5 Å². The third-order valence-corrected chi connectivity index (χ3v) is 10.5. The molecule has 0 atom stereocenters. The highest BCUT2D eigenvalue weighted by atomic mass is 32.2. The van der Waals surface area contributed by atoms with Crippen LogP contribution in [0, 0.1) is 5.82 Å². The fourth-order valence-corrected chi connectivity index (χ4v) is 7.70. The van der Waals surface area contributed by atoms with Gasteiger partial charge in [0.05, 0.1) is 11.7 Å². The predicted molar refractivity (Wildman–Crippen MR) is 202 cm³/mol. The number of benzene rings is 5. The lowest BCUT2D eigenvalue weighted by molar-refractivity contribution is 0.164. The third-order valence-electron chi connectivity index (χ3n) is 9.77. The maximum atomic E-state index is 14.7. The van der Waals surface area contributed by atoms with Crippen molar-refractivity contribution in [2.45, 2.75) is 29.4 Å². The Labute approximate surface area is 296 Å². The minimum Gasteiger partial charge on any atom is -0.487 e. The molecule has 0 unspecified atom stereocenters. The van der Waals surface area contributed by atoms with E-state index in [4.69, 9.17) is 14.8 Å². The summed E-state index contributed by atoms with van der Waals surface area (Å²) in [5.74, 6) is 0.0282. The van der Waals surface area contributed by atoms with Gasteiger partial charge in [0.15, 0.2) is 11.6 Å². The van der Waals surface area contributed by atoms with Gasteiger partial charge < -0.3 is 9.64 Å². The van der Waals surface area contributed by atoms with E-state index in [1.54, 1.807) is 12.1 Å². The molecule has 5 aromatic carbocycles. The summed E-state index contributed by atoms with van der Waals surface area (Å²) < 4.78 is 22.9. The van der Waals surface area contributed by atoms with Crippen molar-refractivity contribution in [2.75, 3.05) is 24.2 Å². The van der Waals surface area contributed by atoms with Crippen molar-refractivity contribution in [3.05, 3.63) is 175 Å². The van der Waals surface area contributed by atoms with Crippen LogP contribution in [0.15, 0.2) is 157 Å². The highest BCUT2D eigenvalue weighted by molar-refractivity contribution is 7.98. The van der Waals surface area contributed by atoms with Gasteiger partial charge in [-0.25, -0.2) is 4.39 Å². The van der Waals surface area contributed by atoms with E-state index >= 15 is 0 Å². The minimum atomic E-state index is -0.683. The van der Waals surface area contributed by atoms with Crippen LogP contribution in [0.2, 0.25) is 0 Å². The molecule has 5 nitrogen and oxygen atoms in total. The fourth-order valence-electron chi connectivity index (χ4n) is 7.28. The molecule has 0 radical (unpaired) electrons. The van der Waals surface area contributed by atoms with Gasteiger partial charge in [0.25, 0.3) is 0 Å². The Balaban J connectivity index is 1.12. The second-order valence-corrected chi connectivity index (χ2v) is 13.5. The summed E-state index contributed by atoms with van der Waals surface area (Å²) in [6, 6.07) is 45.6. The zero-order valence-corrected chi connectivity index (χ0v) is 28.6. The van der Waals surface area contributed by atoms with Crippen molar-refractivity contribution >= 4 is 28.4 Å². The highest BCUT2D eigenvalue weighted by Gasteiger charge is 2.39. The summed E-state index contributed by atoms with van der Waals surface area (Å²) in [7, 11) is 0. The first-order valence-corrected chi connectivity index (χ1v) is 18.2. The standard InChI is InChI=1S/C43H37FN4OS/c1-50-37-18-20-42(39(44)28-37)49-36-22-25-47(26-23-36)41-21-24-45-40-19-17-31(27-38(40)41)32-29-46-48(30-32)43(33-11-5-2-6-12-33,34-13-7-3-8-14-34)35-15-9-4-10-16-35/h2-21,24,27-30,36H,22-23,25-26H2,1H3. The SMILES string of the molecule is CSc1ccc(OC2CCN(c3ccnc4ccc(-c5cnn(C(c6ccccc6)(c6ccccc6)c6ccccc6)c5)cc34)CC2)c(F)c1. The summed E-state index contributed by atoms with van der Waals surface area (Å²) in [4.78, 5) is 8.00. The van der Waals surface area contributed by atoms with Crippen molar-refractivity contribution in [2.24, 2.45) is 0 Å². The number of aromatic nitrogens is 3. The number of pyridine rings is 1. The normalized spacial score (nSPS) is 13.8. The zero-order chi connectivity index (χ0) is 33.9. The number of hydrogen-bond donors (Lipinski definition) is 0. The number of rotatable bonds is 9. The molecule has 0 spiro atoms. The van der Waals surface area contributed by atoms with Gasteiger partial charge in [-0.05, 0) is 64.9 Å². The van der Waals surface area contributed by atoms with Gasteiger partial charge in [-0.1, -0.05) is 97.1 Å². The zero-order valence-electron chi connectivity index (χ0n) is 27.8. The van der Waals surface area contributed by atoms with Crippen LogP contribution >= 0.6 is 11.8 Å². The molecule has 50 heavy (non-hydrogen) atoms. The van der Waals surface area contributed by atoms with Crippen LogP contribution in [-0.2, 0) is 5.54 Å². The Hall–Kier alpha value is -5.40. The molecule has 248 valence electrons. The van der Waals surface area contributed by atoms with Crippen molar-refractivity contribution in [3.8, 4) is 16.9 Å². The first-order valence-electron chi connectivity index (χ1n) is 17.0. The van der Waals surface area contributed by atoms with E-state index in [0.29, 0.717) is 5.75 Å². The van der Waals surface area contributed by atoms with E-state index in [2.05, 4.69) is 131 Å². The summed E-state index contributed by atoms with van der Waals surface area (Å²) in [5.41, 5.74) is 6.89. The molecule has 2 aromatic heterocycles. The van der Waals surface area contributed by atoms with E-state index in [1.807, 2.05) is 24.7 Å². The lowest BCUT2D eigenvalue weighted by atomic mass is 9.77. The molecule has 1 saturated heterocycles. The number of halogens is 1. The van der Waals surface area contributed by atoms with Crippen molar-refractivity contribution in [1.29, 1.82) is 0 Å². The van der Waals surface area contributed by atoms with E-state index in [0.717, 1.165) is 75.2 Å². The van der Waals surface area contributed by atoms with E-state index < -0.39 is 5.54 Å². The molecule has 8 rings (SSSR count). The van der Waals surface area contributed by atoms with Crippen LogP contribution in [0.4, 0.5) is 10.1 Å². The van der Waals surface area contributed by atoms with Gasteiger partial charge in [0.2, 0.25) is 0 Å².